The first kappa shape index (κ1) is 16.0. The molecule has 2 nitrogen and oxygen atoms in total. The highest BCUT2D eigenvalue weighted by atomic mass is 16.3. The van der Waals surface area contributed by atoms with Gasteiger partial charge in [-0.25, -0.2) is 0 Å². The number of hydrogen-bond acceptors (Lipinski definition) is 2. The van der Waals surface area contributed by atoms with Gasteiger partial charge in [-0.3, -0.25) is 0 Å². The van der Waals surface area contributed by atoms with Crippen LogP contribution in [-0.2, 0) is 0 Å². The van der Waals surface area contributed by atoms with E-state index in [0.29, 0.717) is 12.0 Å². The minimum Gasteiger partial charge on any atom is -0.396 e. The smallest absolute Gasteiger partial charge is 0.0436 e. The Bertz CT molecular complexity index is 190. The summed E-state index contributed by atoms with van der Waals surface area (Å²) < 4.78 is 0. The van der Waals surface area contributed by atoms with E-state index in [-0.39, 0.29) is 0 Å². The van der Waals surface area contributed by atoms with E-state index in [9.17, 15) is 0 Å². The average Bonchev–Trinajstić information content (AvgIpc) is 3.12. The zero-order valence-corrected chi connectivity index (χ0v) is 12.3. The Hall–Kier alpha value is -0.0800. The Morgan fingerprint density at radius 2 is 1.56 bits per heavy atom. The molecule has 0 saturated heterocycles. The fourth-order valence-electron chi connectivity index (χ4n) is 2.67. The highest BCUT2D eigenvalue weighted by Crippen LogP contribution is 2.47. The molecule has 1 saturated carbocycles. The second kappa shape index (κ2) is 9.80. The van der Waals surface area contributed by atoms with Crippen molar-refractivity contribution in [2.75, 3.05) is 19.7 Å². The Balaban J connectivity index is 1.76. The molecule has 1 rings (SSSR count). The van der Waals surface area contributed by atoms with Crippen molar-refractivity contribution >= 4 is 0 Å². The molecule has 0 amide bonds. The van der Waals surface area contributed by atoms with Gasteiger partial charge < -0.3 is 10.4 Å². The first-order chi connectivity index (χ1) is 8.83. The van der Waals surface area contributed by atoms with E-state index in [0.717, 1.165) is 13.0 Å². The molecular formula is C16H33NO. The molecular weight excluding hydrogens is 222 g/mol. The SMILES string of the molecule is CCCCCCCCCCNCC1(CCO)CC1. The fraction of sp³-hybridized carbons (Fsp3) is 1.00. The van der Waals surface area contributed by atoms with Gasteiger partial charge in [0.25, 0.3) is 0 Å². The summed E-state index contributed by atoms with van der Waals surface area (Å²) in [6.07, 6.45) is 14.8. The zero-order chi connectivity index (χ0) is 13.1. The number of rotatable bonds is 13. The highest BCUT2D eigenvalue weighted by Gasteiger charge is 2.40. The lowest BCUT2D eigenvalue weighted by atomic mass is 10.0. The molecule has 0 bridgehead atoms. The molecule has 2 N–H and O–H groups in total. The summed E-state index contributed by atoms with van der Waals surface area (Å²) in [5.41, 5.74) is 0.481. The highest BCUT2D eigenvalue weighted by molar-refractivity contribution is 4.94. The van der Waals surface area contributed by atoms with Crippen LogP contribution >= 0.6 is 0 Å². The quantitative estimate of drug-likeness (QED) is 0.490. The van der Waals surface area contributed by atoms with Gasteiger partial charge in [-0.1, -0.05) is 51.9 Å². The Kier molecular flexibility index (Phi) is 8.70. The van der Waals surface area contributed by atoms with E-state index in [1.807, 2.05) is 0 Å². The van der Waals surface area contributed by atoms with Crippen LogP contribution in [-0.4, -0.2) is 24.8 Å². The molecule has 0 heterocycles. The summed E-state index contributed by atoms with van der Waals surface area (Å²) in [6, 6.07) is 0. The number of aliphatic hydroxyl groups is 1. The van der Waals surface area contributed by atoms with Crippen LogP contribution in [0.2, 0.25) is 0 Å². The van der Waals surface area contributed by atoms with E-state index in [1.165, 1.54) is 70.8 Å². The lowest BCUT2D eigenvalue weighted by Gasteiger charge is -2.14. The summed E-state index contributed by atoms with van der Waals surface area (Å²) >= 11 is 0. The lowest BCUT2D eigenvalue weighted by Crippen LogP contribution is -2.25. The maximum Gasteiger partial charge on any atom is 0.0436 e. The molecule has 2 heteroatoms. The van der Waals surface area contributed by atoms with Crippen molar-refractivity contribution in [2.45, 2.75) is 77.6 Å². The normalized spacial score (nSPS) is 17.0. The minimum absolute atomic E-state index is 0.361. The monoisotopic (exact) mass is 255 g/mol. The van der Waals surface area contributed by atoms with E-state index < -0.39 is 0 Å². The van der Waals surface area contributed by atoms with Gasteiger partial charge >= 0.3 is 0 Å². The predicted molar refractivity (Wildman–Crippen MR) is 78.8 cm³/mol. The first-order valence-electron chi connectivity index (χ1n) is 8.14. The van der Waals surface area contributed by atoms with Crippen LogP contribution in [0.1, 0.15) is 77.6 Å². The molecule has 1 aliphatic rings. The zero-order valence-electron chi connectivity index (χ0n) is 12.3. The van der Waals surface area contributed by atoms with Gasteiger partial charge in [0.1, 0.15) is 0 Å². The molecule has 0 aliphatic heterocycles. The third-order valence-electron chi connectivity index (χ3n) is 4.31. The van der Waals surface area contributed by atoms with Gasteiger partial charge in [0.2, 0.25) is 0 Å². The summed E-state index contributed by atoms with van der Waals surface area (Å²) in [5, 5.41) is 12.5. The molecule has 0 atom stereocenters. The molecule has 0 spiro atoms. The average molecular weight is 255 g/mol. The van der Waals surface area contributed by atoms with Crippen molar-refractivity contribution < 1.29 is 5.11 Å². The Labute approximate surface area is 114 Å². The van der Waals surface area contributed by atoms with Crippen LogP contribution in [0.15, 0.2) is 0 Å². The van der Waals surface area contributed by atoms with Gasteiger partial charge in [-0.2, -0.15) is 0 Å². The first-order valence-corrected chi connectivity index (χ1v) is 8.14. The topological polar surface area (TPSA) is 32.3 Å². The molecule has 0 aromatic rings. The van der Waals surface area contributed by atoms with Crippen molar-refractivity contribution in [1.29, 1.82) is 0 Å². The third kappa shape index (κ3) is 7.38. The molecule has 0 radical (unpaired) electrons. The number of nitrogens with one attached hydrogen (secondary N) is 1. The number of hydrogen-bond donors (Lipinski definition) is 2. The van der Waals surface area contributed by atoms with Gasteiger partial charge in [0.15, 0.2) is 0 Å². The van der Waals surface area contributed by atoms with Gasteiger partial charge in [0, 0.05) is 13.2 Å². The van der Waals surface area contributed by atoms with Gasteiger partial charge in [0.05, 0.1) is 0 Å². The lowest BCUT2D eigenvalue weighted by molar-refractivity contribution is 0.245. The predicted octanol–water partition coefficient (Wildman–Crippen LogP) is 3.88. The maximum absolute atomic E-state index is 8.98. The second-order valence-corrected chi connectivity index (χ2v) is 6.13. The molecule has 0 aromatic carbocycles. The molecule has 1 aliphatic carbocycles. The Morgan fingerprint density at radius 1 is 0.944 bits per heavy atom. The van der Waals surface area contributed by atoms with E-state index in [4.69, 9.17) is 5.11 Å². The van der Waals surface area contributed by atoms with Crippen molar-refractivity contribution in [1.82, 2.24) is 5.32 Å². The number of unbranched alkanes of at least 4 members (excludes halogenated alkanes) is 7. The van der Waals surface area contributed by atoms with Crippen LogP contribution in [0.4, 0.5) is 0 Å². The summed E-state index contributed by atoms with van der Waals surface area (Å²) in [6.45, 7) is 4.93. The van der Waals surface area contributed by atoms with Crippen molar-refractivity contribution in [3.63, 3.8) is 0 Å². The maximum atomic E-state index is 8.98. The molecule has 1 fully saturated rings. The standard InChI is InChI=1S/C16H33NO/c1-2-3-4-5-6-7-8-9-13-17-15-16(10-11-16)12-14-18/h17-18H,2-15H2,1H3. The van der Waals surface area contributed by atoms with Crippen LogP contribution in [0.3, 0.4) is 0 Å². The molecule has 108 valence electrons. The van der Waals surface area contributed by atoms with E-state index in [2.05, 4.69) is 12.2 Å². The van der Waals surface area contributed by atoms with E-state index >= 15 is 0 Å². The van der Waals surface area contributed by atoms with Gasteiger partial charge in [-0.05, 0) is 37.6 Å². The molecule has 0 unspecified atom stereocenters. The van der Waals surface area contributed by atoms with E-state index in [1.54, 1.807) is 0 Å². The van der Waals surface area contributed by atoms with Crippen LogP contribution < -0.4 is 5.32 Å². The second-order valence-electron chi connectivity index (χ2n) is 6.13. The van der Waals surface area contributed by atoms with Gasteiger partial charge in [-0.15, -0.1) is 0 Å². The Morgan fingerprint density at radius 3 is 2.11 bits per heavy atom. The van der Waals surface area contributed by atoms with Crippen molar-refractivity contribution in [3.8, 4) is 0 Å². The minimum atomic E-state index is 0.361. The van der Waals surface area contributed by atoms with Crippen LogP contribution in [0.25, 0.3) is 0 Å². The molecule has 0 aromatic heterocycles. The number of aliphatic hydroxyl groups excluding tert-OH is 1. The largest absolute Gasteiger partial charge is 0.396 e. The van der Waals surface area contributed by atoms with Crippen LogP contribution in [0, 0.1) is 5.41 Å². The summed E-state index contributed by atoms with van der Waals surface area (Å²) in [4.78, 5) is 0. The fourth-order valence-corrected chi connectivity index (χ4v) is 2.67. The third-order valence-corrected chi connectivity index (χ3v) is 4.31. The van der Waals surface area contributed by atoms with Crippen LogP contribution in [0.5, 0.6) is 0 Å². The molecule has 18 heavy (non-hydrogen) atoms. The van der Waals surface area contributed by atoms with Crippen molar-refractivity contribution in [2.24, 2.45) is 5.41 Å². The summed E-state index contributed by atoms with van der Waals surface area (Å²) in [7, 11) is 0. The summed E-state index contributed by atoms with van der Waals surface area (Å²) in [5.74, 6) is 0. The van der Waals surface area contributed by atoms with Crippen molar-refractivity contribution in [3.05, 3.63) is 0 Å².